The summed E-state index contributed by atoms with van der Waals surface area (Å²) < 4.78 is 5.07. The molecule has 0 aliphatic rings. The lowest BCUT2D eigenvalue weighted by molar-refractivity contribution is -0.121. The van der Waals surface area contributed by atoms with Gasteiger partial charge in [-0.25, -0.2) is 0 Å². The van der Waals surface area contributed by atoms with Gasteiger partial charge in [-0.15, -0.1) is 12.4 Å². The molecular formula is C18H23ClN2O2. The highest BCUT2D eigenvalue weighted by Crippen LogP contribution is 2.12. The third-order valence-corrected chi connectivity index (χ3v) is 3.50. The molecule has 0 radical (unpaired) electrons. The minimum Gasteiger partial charge on any atom is -0.399 e. The van der Waals surface area contributed by atoms with Crippen LogP contribution in [0.4, 0.5) is 5.69 Å². The number of benzene rings is 2. The fourth-order valence-corrected chi connectivity index (χ4v) is 2.22. The van der Waals surface area contributed by atoms with Crippen LogP contribution in [-0.4, -0.2) is 13.0 Å². The van der Waals surface area contributed by atoms with Crippen LogP contribution in [0, 0.1) is 0 Å². The molecule has 0 fully saturated rings. The Morgan fingerprint density at radius 2 is 1.74 bits per heavy atom. The third-order valence-electron chi connectivity index (χ3n) is 3.50. The number of anilines is 1. The number of carbonyl (C=O) groups excluding carboxylic acids is 1. The van der Waals surface area contributed by atoms with Crippen LogP contribution < -0.4 is 11.1 Å². The molecule has 2 aromatic rings. The van der Waals surface area contributed by atoms with Crippen molar-refractivity contribution >= 4 is 24.0 Å². The molecule has 23 heavy (non-hydrogen) atoms. The summed E-state index contributed by atoms with van der Waals surface area (Å²) in [6, 6.07) is 15.7. The van der Waals surface area contributed by atoms with Crippen molar-refractivity contribution in [3.8, 4) is 0 Å². The van der Waals surface area contributed by atoms with Crippen molar-refractivity contribution in [2.75, 3.05) is 12.8 Å². The van der Waals surface area contributed by atoms with Crippen LogP contribution in [0.1, 0.15) is 23.1 Å². The molecule has 0 unspecified atom stereocenters. The zero-order chi connectivity index (χ0) is 15.8. The van der Waals surface area contributed by atoms with Gasteiger partial charge in [0.2, 0.25) is 5.91 Å². The highest BCUT2D eigenvalue weighted by atomic mass is 35.5. The first-order chi connectivity index (χ1) is 10.7. The van der Waals surface area contributed by atoms with E-state index in [-0.39, 0.29) is 18.3 Å². The standard InChI is InChI=1S/C18H22N2O2.ClH/c1-22-13-15-8-6-14(7-9-15)12-20-18(21)11-10-16-4-2-3-5-17(16)19;/h2-9H,10-13,19H2,1H3,(H,20,21);1H. The zero-order valence-corrected chi connectivity index (χ0v) is 14.1. The number of hydrogen-bond acceptors (Lipinski definition) is 3. The van der Waals surface area contributed by atoms with Crippen LogP contribution in [-0.2, 0) is 29.1 Å². The van der Waals surface area contributed by atoms with E-state index >= 15 is 0 Å². The maximum absolute atomic E-state index is 11.9. The molecule has 0 bridgehead atoms. The second-order valence-corrected chi connectivity index (χ2v) is 5.23. The van der Waals surface area contributed by atoms with Gasteiger partial charge in [-0.2, -0.15) is 0 Å². The summed E-state index contributed by atoms with van der Waals surface area (Å²) in [4.78, 5) is 11.9. The van der Waals surface area contributed by atoms with Crippen molar-refractivity contribution in [1.29, 1.82) is 0 Å². The lowest BCUT2D eigenvalue weighted by Gasteiger charge is -2.08. The van der Waals surface area contributed by atoms with Crippen LogP contribution in [0.15, 0.2) is 48.5 Å². The minimum absolute atomic E-state index is 0. The van der Waals surface area contributed by atoms with Gasteiger partial charge in [0, 0.05) is 25.8 Å². The molecule has 1 amide bonds. The zero-order valence-electron chi connectivity index (χ0n) is 13.2. The molecular weight excluding hydrogens is 312 g/mol. The highest BCUT2D eigenvalue weighted by molar-refractivity contribution is 5.85. The molecule has 0 spiro atoms. The molecule has 0 aliphatic carbocycles. The molecule has 0 saturated heterocycles. The van der Waals surface area contributed by atoms with Crippen LogP contribution in [0.3, 0.4) is 0 Å². The molecule has 0 heterocycles. The largest absolute Gasteiger partial charge is 0.399 e. The molecule has 0 atom stereocenters. The van der Waals surface area contributed by atoms with Crippen molar-refractivity contribution in [2.24, 2.45) is 0 Å². The van der Waals surface area contributed by atoms with E-state index in [1.54, 1.807) is 7.11 Å². The van der Waals surface area contributed by atoms with E-state index in [0.717, 1.165) is 22.4 Å². The number of amides is 1. The molecule has 2 rings (SSSR count). The van der Waals surface area contributed by atoms with Crippen LogP contribution in [0.2, 0.25) is 0 Å². The third kappa shape index (κ3) is 6.30. The number of rotatable bonds is 7. The van der Waals surface area contributed by atoms with Crippen molar-refractivity contribution in [3.05, 3.63) is 65.2 Å². The molecule has 2 aromatic carbocycles. The fraction of sp³-hybridized carbons (Fsp3) is 0.278. The lowest BCUT2D eigenvalue weighted by Crippen LogP contribution is -2.23. The van der Waals surface area contributed by atoms with Gasteiger partial charge in [0.1, 0.15) is 0 Å². The summed E-state index contributed by atoms with van der Waals surface area (Å²) in [6.45, 7) is 1.14. The van der Waals surface area contributed by atoms with Crippen LogP contribution in [0.25, 0.3) is 0 Å². The van der Waals surface area contributed by atoms with Crippen LogP contribution in [0.5, 0.6) is 0 Å². The molecule has 5 heteroatoms. The van der Waals surface area contributed by atoms with Crippen molar-refractivity contribution in [1.82, 2.24) is 5.32 Å². The number of aryl methyl sites for hydroxylation is 1. The molecule has 0 aromatic heterocycles. The first kappa shape index (κ1) is 19.0. The Labute approximate surface area is 143 Å². The maximum Gasteiger partial charge on any atom is 0.220 e. The Bertz CT molecular complexity index is 615. The second kappa shape index (κ2) is 9.87. The predicted octanol–water partition coefficient (Wildman–Crippen LogP) is 3.09. The quantitative estimate of drug-likeness (QED) is 0.765. The summed E-state index contributed by atoms with van der Waals surface area (Å²) in [5.41, 5.74) is 9.82. The second-order valence-electron chi connectivity index (χ2n) is 5.23. The molecule has 4 nitrogen and oxygen atoms in total. The summed E-state index contributed by atoms with van der Waals surface area (Å²) in [7, 11) is 1.67. The summed E-state index contributed by atoms with van der Waals surface area (Å²) >= 11 is 0. The van der Waals surface area contributed by atoms with Crippen molar-refractivity contribution < 1.29 is 9.53 Å². The number of nitrogens with two attached hydrogens (primary N) is 1. The minimum atomic E-state index is 0. The van der Waals surface area contributed by atoms with Gasteiger partial charge in [0.05, 0.1) is 6.61 Å². The first-order valence-corrected chi connectivity index (χ1v) is 7.36. The average molecular weight is 335 g/mol. The number of halogens is 1. The monoisotopic (exact) mass is 334 g/mol. The van der Waals surface area contributed by atoms with E-state index in [1.807, 2.05) is 48.5 Å². The van der Waals surface area contributed by atoms with E-state index in [0.29, 0.717) is 26.0 Å². The SMILES string of the molecule is COCc1ccc(CNC(=O)CCc2ccccc2N)cc1.Cl. The topological polar surface area (TPSA) is 64.3 Å². The normalized spacial score (nSPS) is 9.96. The van der Waals surface area contributed by atoms with Gasteiger partial charge in [0.25, 0.3) is 0 Å². The average Bonchev–Trinajstić information content (AvgIpc) is 2.54. The molecule has 3 N–H and O–H groups in total. The van der Waals surface area contributed by atoms with E-state index < -0.39 is 0 Å². The molecule has 0 saturated carbocycles. The Morgan fingerprint density at radius 3 is 2.39 bits per heavy atom. The van der Waals surface area contributed by atoms with E-state index in [9.17, 15) is 4.79 Å². The predicted molar refractivity (Wildman–Crippen MR) is 95.4 cm³/mol. The summed E-state index contributed by atoms with van der Waals surface area (Å²) in [5.74, 6) is 0.0317. The lowest BCUT2D eigenvalue weighted by atomic mass is 10.1. The van der Waals surface area contributed by atoms with E-state index in [4.69, 9.17) is 10.5 Å². The Kier molecular flexibility index (Phi) is 8.16. The van der Waals surface area contributed by atoms with Gasteiger partial charge in [-0.1, -0.05) is 42.5 Å². The number of carbonyl (C=O) groups is 1. The van der Waals surface area contributed by atoms with Crippen molar-refractivity contribution in [3.63, 3.8) is 0 Å². The summed E-state index contributed by atoms with van der Waals surface area (Å²) in [5, 5.41) is 2.93. The molecule has 124 valence electrons. The van der Waals surface area contributed by atoms with Gasteiger partial charge in [-0.05, 0) is 29.2 Å². The summed E-state index contributed by atoms with van der Waals surface area (Å²) in [6.07, 6.45) is 1.10. The number of hydrogen-bond donors (Lipinski definition) is 2. The van der Waals surface area contributed by atoms with E-state index in [1.165, 1.54) is 0 Å². The Morgan fingerprint density at radius 1 is 1.09 bits per heavy atom. The van der Waals surface area contributed by atoms with Gasteiger partial charge >= 0.3 is 0 Å². The van der Waals surface area contributed by atoms with E-state index in [2.05, 4.69) is 5.32 Å². The van der Waals surface area contributed by atoms with Crippen LogP contribution >= 0.6 is 12.4 Å². The Balaban J connectivity index is 0.00000264. The first-order valence-electron chi connectivity index (χ1n) is 7.36. The maximum atomic E-state index is 11.9. The Hall–Kier alpha value is -2.04. The van der Waals surface area contributed by atoms with Gasteiger partial charge in [0.15, 0.2) is 0 Å². The fourth-order valence-electron chi connectivity index (χ4n) is 2.22. The number of nitrogens with one attached hydrogen (secondary N) is 1. The number of nitrogen functional groups attached to an aromatic ring is 1. The molecule has 0 aliphatic heterocycles. The number of ether oxygens (including phenoxy) is 1. The number of methoxy groups -OCH3 is 1. The van der Waals surface area contributed by atoms with Crippen molar-refractivity contribution in [2.45, 2.75) is 26.0 Å². The van der Waals surface area contributed by atoms with Gasteiger partial charge in [-0.3, -0.25) is 4.79 Å². The number of para-hydroxylation sites is 1. The smallest absolute Gasteiger partial charge is 0.220 e. The van der Waals surface area contributed by atoms with Gasteiger partial charge < -0.3 is 15.8 Å². The highest BCUT2D eigenvalue weighted by Gasteiger charge is 2.04.